The lowest BCUT2D eigenvalue weighted by Gasteiger charge is -2.06. The van der Waals surface area contributed by atoms with Crippen LogP contribution in [0.25, 0.3) is 20.2 Å². The minimum atomic E-state index is 0.984. The lowest BCUT2D eigenvalue weighted by Crippen LogP contribution is -1.89. The van der Waals surface area contributed by atoms with E-state index in [4.69, 9.17) is 4.74 Å². The molecule has 21 heavy (non-hydrogen) atoms. The summed E-state index contributed by atoms with van der Waals surface area (Å²) in [7, 11) is 1.75. The first-order valence-electron chi connectivity index (χ1n) is 7.65. The van der Waals surface area contributed by atoms with Crippen LogP contribution in [0.1, 0.15) is 36.5 Å². The van der Waals surface area contributed by atoms with Gasteiger partial charge in [0.05, 0.1) is 7.11 Å². The number of rotatable bonds is 4. The first kappa shape index (κ1) is 14.4. The zero-order chi connectivity index (χ0) is 15.0. The molecule has 0 saturated carbocycles. The average Bonchev–Trinajstić information content (AvgIpc) is 2.88. The number of aryl methyl sites for hydroxylation is 3. The van der Waals surface area contributed by atoms with E-state index in [1.807, 2.05) is 11.3 Å². The number of benzene rings is 2. The summed E-state index contributed by atoms with van der Waals surface area (Å²) in [6, 6.07) is 8.91. The first-order chi connectivity index (χ1) is 10.2. The van der Waals surface area contributed by atoms with Gasteiger partial charge in [-0.3, -0.25) is 0 Å². The maximum Gasteiger partial charge on any atom is 0.123 e. The van der Waals surface area contributed by atoms with Crippen LogP contribution >= 0.6 is 11.3 Å². The van der Waals surface area contributed by atoms with Gasteiger partial charge in [-0.15, -0.1) is 11.3 Å². The molecule has 0 spiro atoms. The molecule has 0 bridgehead atoms. The Morgan fingerprint density at radius 1 is 0.952 bits per heavy atom. The molecule has 0 amide bonds. The number of hydrogen-bond acceptors (Lipinski definition) is 2. The van der Waals surface area contributed by atoms with Crippen LogP contribution in [0.4, 0.5) is 0 Å². The zero-order valence-corrected chi connectivity index (χ0v) is 14.1. The van der Waals surface area contributed by atoms with Crippen molar-refractivity contribution >= 4 is 31.5 Å². The van der Waals surface area contributed by atoms with Gasteiger partial charge in [-0.05, 0) is 49.9 Å². The molecular weight excluding hydrogens is 276 g/mol. The molecule has 0 aliphatic rings. The van der Waals surface area contributed by atoms with Crippen molar-refractivity contribution in [2.24, 2.45) is 0 Å². The maximum atomic E-state index is 5.46. The van der Waals surface area contributed by atoms with Crippen molar-refractivity contribution in [2.75, 3.05) is 7.11 Å². The summed E-state index contributed by atoms with van der Waals surface area (Å²) in [6.45, 7) is 6.68. The fourth-order valence-electron chi connectivity index (χ4n) is 3.05. The van der Waals surface area contributed by atoms with E-state index in [0.717, 1.165) is 5.75 Å². The number of fused-ring (bicyclic) bond motifs is 3. The van der Waals surface area contributed by atoms with Crippen LogP contribution < -0.4 is 4.74 Å². The van der Waals surface area contributed by atoms with Gasteiger partial charge in [0.2, 0.25) is 0 Å². The van der Waals surface area contributed by atoms with E-state index < -0.39 is 0 Å². The second kappa shape index (κ2) is 5.69. The highest BCUT2D eigenvalue weighted by molar-refractivity contribution is 7.26. The van der Waals surface area contributed by atoms with E-state index in [0.29, 0.717) is 0 Å². The Hall–Kier alpha value is -1.54. The molecule has 0 atom stereocenters. The minimum absolute atomic E-state index is 0.984. The fourth-order valence-corrected chi connectivity index (χ4v) is 4.37. The van der Waals surface area contributed by atoms with E-state index in [2.05, 4.69) is 45.0 Å². The summed E-state index contributed by atoms with van der Waals surface area (Å²) >= 11 is 1.91. The van der Waals surface area contributed by atoms with Gasteiger partial charge >= 0.3 is 0 Å². The number of unbranched alkanes of at least 4 members (excludes halogenated alkanes) is 1. The van der Waals surface area contributed by atoms with E-state index >= 15 is 0 Å². The van der Waals surface area contributed by atoms with Gasteiger partial charge in [-0.1, -0.05) is 25.5 Å². The molecular formula is C19H22OS. The summed E-state index contributed by atoms with van der Waals surface area (Å²) in [6.07, 6.45) is 3.71. The van der Waals surface area contributed by atoms with Gasteiger partial charge in [-0.2, -0.15) is 0 Å². The monoisotopic (exact) mass is 298 g/mol. The van der Waals surface area contributed by atoms with Crippen LogP contribution in [0, 0.1) is 13.8 Å². The van der Waals surface area contributed by atoms with Crippen molar-refractivity contribution < 1.29 is 4.74 Å². The number of methoxy groups -OCH3 is 1. The first-order valence-corrected chi connectivity index (χ1v) is 8.47. The Kier molecular flexibility index (Phi) is 3.90. The normalized spacial score (nSPS) is 11.4. The van der Waals surface area contributed by atoms with Crippen LogP contribution in [0.3, 0.4) is 0 Å². The second-order valence-corrected chi connectivity index (χ2v) is 6.72. The molecule has 1 nitrogen and oxygen atoms in total. The molecule has 0 radical (unpaired) electrons. The number of hydrogen-bond donors (Lipinski definition) is 0. The Bertz CT molecular complexity index is 798. The Morgan fingerprint density at radius 2 is 1.62 bits per heavy atom. The quantitative estimate of drug-likeness (QED) is 0.572. The van der Waals surface area contributed by atoms with Crippen LogP contribution in [0.5, 0.6) is 5.75 Å². The van der Waals surface area contributed by atoms with Crippen molar-refractivity contribution in [2.45, 2.75) is 40.0 Å². The van der Waals surface area contributed by atoms with Crippen molar-refractivity contribution in [3.63, 3.8) is 0 Å². The molecule has 3 aromatic rings. The molecule has 1 aromatic heterocycles. The van der Waals surface area contributed by atoms with Crippen molar-refractivity contribution in [1.82, 2.24) is 0 Å². The van der Waals surface area contributed by atoms with Crippen LogP contribution in [0.2, 0.25) is 0 Å². The third-order valence-electron chi connectivity index (χ3n) is 4.39. The molecule has 0 N–H and O–H groups in total. The zero-order valence-electron chi connectivity index (χ0n) is 13.2. The lowest BCUT2D eigenvalue weighted by molar-refractivity contribution is 0.412. The molecule has 1 heterocycles. The smallest absolute Gasteiger partial charge is 0.123 e. The highest BCUT2D eigenvalue weighted by Gasteiger charge is 2.13. The largest absolute Gasteiger partial charge is 0.496 e. The minimum Gasteiger partial charge on any atom is -0.496 e. The van der Waals surface area contributed by atoms with E-state index in [9.17, 15) is 0 Å². The van der Waals surface area contributed by atoms with Crippen molar-refractivity contribution in [1.29, 1.82) is 0 Å². The second-order valence-electron chi connectivity index (χ2n) is 5.70. The van der Waals surface area contributed by atoms with Crippen molar-refractivity contribution in [3.8, 4) is 5.75 Å². The van der Waals surface area contributed by atoms with Crippen molar-refractivity contribution in [3.05, 3.63) is 41.0 Å². The molecule has 0 aliphatic heterocycles. The average molecular weight is 298 g/mol. The van der Waals surface area contributed by atoms with Crippen LogP contribution in [0.15, 0.2) is 24.3 Å². The molecule has 0 fully saturated rings. The highest BCUT2D eigenvalue weighted by atomic mass is 32.1. The topological polar surface area (TPSA) is 9.23 Å². The summed E-state index contributed by atoms with van der Waals surface area (Å²) in [5.41, 5.74) is 4.21. The molecule has 2 aromatic carbocycles. The predicted molar refractivity (Wildman–Crippen MR) is 94.0 cm³/mol. The summed E-state index contributed by atoms with van der Waals surface area (Å²) < 4.78 is 8.26. The molecule has 110 valence electrons. The number of ether oxygens (including phenoxy) is 1. The van der Waals surface area contributed by atoms with Crippen LogP contribution in [-0.2, 0) is 6.42 Å². The number of thiophene rings is 1. The molecule has 0 aliphatic carbocycles. The molecule has 2 heteroatoms. The molecule has 0 saturated heterocycles. The van der Waals surface area contributed by atoms with Gasteiger partial charge < -0.3 is 4.74 Å². The van der Waals surface area contributed by atoms with Gasteiger partial charge in [0.15, 0.2) is 0 Å². The summed E-state index contributed by atoms with van der Waals surface area (Å²) in [5.74, 6) is 0.984. The van der Waals surface area contributed by atoms with Crippen LogP contribution in [-0.4, -0.2) is 7.11 Å². The van der Waals surface area contributed by atoms with E-state index in [1.165, 1.54) is 56.1 Å². The molecule has 0 unspecified atom stereocenters. The lowest BCUT2D eigenvalue weighted by atomic mass is 10.00. The summed E-state index contributed by atoms with van der Waals surface area (Å²) in [5, 5.41) is 2.75. The van der Waals surface area contributed by atoms with Gasteiger partial charge in [0.25, 0.3) is 0 Å². The predicted octanol–water partition coefficient (Wildman–Crippen LogP) is 6.02. The van der Waals surface area contributed by atoms with Gasteiger partial charge in [-0.25, -0.2) is 0 Å². The SMILES string of the molecule is CCCCc1ccc2c(sc3c(C)c(OC)ccc32)c1C. The Morgan fingerprint density at radius 3 is 2.29 bits per heavy atom. The fraction of sp³-hybridized carbons (Fsp3) is 0.368. The van der Waals surface area contributed by atoms with Gasteiger partial charge in [0, 0.05) is 25.7 Å². The van der Waals surface area contributed by atoms with E-state index in [1.54, 1.807) is 7.11 Å². The maximum absolute atomic E-state index is 5.46. The highest BCUT2D eigenvalue weighted by Crippen LogP contribution is 2.41. The molecule has 3 rings (SSSR count). The third kappa shape index (κ3) is 2.32. The third-order valence-corrected chi connectivity index (χ3v) is 5.85. The Balaban J connectivity index is 2.25. The summed E-state index contributed by atoms with van der Waals surface area (Å²) in [4.78, 5) is 0. The van der Waals surface area contributed by atoms with Gasteiger partial charge in [0.1, 0.15) is 5.75 Å². The standard InChI is InChI=1S/C19H22OS/c1-5-6-7-14-8-9-15-16-10-11-17(20-4)13(3)19(16)21-18(15)12(14)2/h8-11H,5-7H2,1-4H3. The van der Waals surface area contributed by atoms with E-state index in [-0.39, 0.29) is 0 Å². The Labute approximate surface area is 130 Å².